The second kappa shape index (κ2) is 9.56. The topological polar surface area (TPSA) is 78.0 Å². The summed E-state index contributed by atoms with van der Waals surface area (Å²) in [5.41, 5.74) is 7.15. The molecule has 1 aliphatic heterocycles. The van der Waals surface area contributed by atoms with Crippen LogP contribution in [0.4, 0.5) is 5.69 Å². The van der Waals surface area contributed by atoms with Gasteiger partial charge in [-0.1, -0.05) is 29.8 Å². The van der Waals surface area contributed by atoms with Crippen molar-refractivity contribution in [3.05, 3.63) is 99.2 Å². The van der Waals surface area contributed by atoms with Crippen LogP contribution in [0.25, 0.3) is 11.0 Å². The summed E-state index contributed by atoms with van der Waals surface area (Å²) in [6.07, 6.45) is 1.88. The molecule has 0 N–H and O–H groups in total. The number of hydrogen-bond donors (Lipinski definition) is 0. The highest BCUT2D eigenvalue weighted by Crippen LogP contribution is 2.33. The highest BCUT2D eigenvalue weighted by Gasteiger charge is 2.32. The fraction of sp³-hybridized carbons (Fsp3) is 0.310. The molecule has 36 heavy (non-hydrogen) atoms. The molecule has 0 bridgehead atoms. The van der Waals surface area contributed by atoms with Crippen LogP contribution in [0.3, 0.4) is 0 Å². The first-order valence-electron chi connectivity index (χ1n) is 12.3. The molecular weight excluding hydrogens is 448 g/mol. The van der Waals surface area contributed by atoms with Crippen LogP contribution in [0, 0.1) is 25.2 Å². The molecule has 1 saturated heterocycles. The summed E-state index contributed by atoms with van der Waals surface area (Å²) in [6, 6.07) is 20.3. The Morgan fingerprint density at radius 1 is 1.03 bits per heavy atom. The molecule has 182 valence electrons. The van der Waals surface area contributed by atoms with E-state index in [1.165, 1.54) is 16.7 Å². The molecule has 7 nitrogen and oxygen atoms in total. The molecule has 0 saturated carbocycles. The Morgan fingerprint density at radius 3 is 2.50 bits per heavy atom. The van der Waals surface area contributed by atoms with E-state index in [0.717, 1.165) is 36.5 Å². The van der Waals surface area contributed by atoms with Crippen molar-refractivity contribution < 1.29 is 0 Å². The van der Waals surface area contributed by atoms with Gasteiger partial charge in [0.1, 0.15) is 17.3 Å². The first-order valence-corrected chi connectivity index (χ1v) is 12.3. The number of rotatable bonds is 4. The van der Waals surface area contributed by atoms with E-state index in [4.69, 9.17) is 4.98 Å². The molecule has 0 aliphatic carbocycles. The van der Waals surface area contributed by atoms with Crippen molar-refractivity contribution in [1.82, 2.24) is 19.4 Å². The van der Waals surface area contributed by atoms with Gasteiger partial charge in [-0.25, -0.2) is 4.98 Å². The van der Waals surface area contributed by atoms with E-state index in [0.29, 0.717) is 11.2 Å². The van der Waals surface area contributed by atoms with Crippen molar-refractivity contribution in [2.45, 2.75) is 32.9 Å². The highest BCUT2D eigenvalue weighted by molar-refractivity contribution is 5.89. The van der Waals surface area contributed by atoms with Crippen molar-refractivity contribution in [3.63, 3.8) is 0 Å². The van der Waals surface area contributed by atoms with E-state index in [2.05, 4.69) is 72.0 Å². The molecule has 2 atom stereocenters. The number of benzene rings is 1. The van der Waals surface area contributed by atoms with Gasteiger partial charge in [-0.2, -0.15) is 5.26 Å². The third-order valence-corrected chi connectivity index (χ3v) is 7.13. The van der Waals surface area contributed by atoms with Gasteiger partial charge >= 0.3 is 0 Å². The number of nitrogens with zero attached hydrogens (tertiary/aromatic N) is 6. The Kier molecular flexibility index (Phi) is 6.29. The number of nitriles is 1. The lowest BCUT2D eigenvalue weighted by Gasteiger charge is -2.44. The first kappa shape index (κ1) is 23.7. The molecule has 5 rings (SSSR count). The molecule has 7 heteroatoms. The monoisotopic (exact) mass is 478 g/mol. The maximum Gasteiger partial charge on any atom is 0.252 e. The summed E-state index contributed by atoms with van der Waals surface area (Å²) in [5.74, 6) is 0. The third-order valence-electron chi connectivity index (χ3n) is 7.13. The zero-order chi connectivity index (χ0) is 25.4. The van der Waals surface area contributed by atoms with E-state index in [1.807, 2.05) is 18.3 Å². The maximum absolute atomic E-state index is 12.8. The van der Waals surface area contributed by atoms with Gasteiger partial charge in [0, 0.05) is 45.0 Å². The molecule has 3 aromatic heterocycles. The van der Waals surface area contributed by atoms with E-state index < -0.39 is 0 Å². The number of aryl methyl sites for hydroxylation is 3. The first-order chi connectivity index (χ1) is 17.4. The predicted molar refractivity (Wildman–Crippen MR) is 142 cm³/mol. The Bertz CT molecular complexity index is 1520. The number of pyridine rings is 3. The Labute approximate surface area is 211 Å². The summed E-state index contributed by atoms with van der Waals surface area (Å²) in [6.45, 7) is 8.71. The number of fused-ring (bicyclic) bond motifs is 1. The third kappa shape index (κ3) is 4.36. The minimum absolute atomic E-state index is 0.0406. The molecule has 1 aliphatic rings. The molecule has 0 amide bonds. The minimum atomic E-state index is -0.0832. The fourth-order valence-corrected chi connectivity index (χ4v) is 5.20. The molecule has 4 heterocycles. The minimum Gasteiger partial charge on any atom is -0.364 e. The van der Waals surface area contributed by atoms with E-state index in [9.17, 15) is 10.1 Å². The maximum atomic E-state index is 12.8. The summed E-state index contributed by atoms with van der Waals surface area (Å²) in [7, 11) is 1.74. The number of hydrogen-bond acceptors (Lipinski definition) is 6. The highest BCUT2D eigenvalue weighted by atomic mass is 16.1. The van der Waals surface area contributed by atoms with Crippen molar-refractivity contribution in [1.29, 1.82) is 5.26 Å². The van der Waals surface area contributed by atoms with Gasteiger partial charge in [0.05, 0.1) is 22.9 Å². The number of anilines is 1. The van der Waals surface area contributed by atoms with Gasteiger partial charge < -0.3 is 9.47 Å². The van der Waals surface area contributed by atoms with Crippen LogP contribution in [0.2, 0.25) is 0 Å². The Morgan fingerprint density at radius 2 is 1.81 bits per heavy atom. The predicted octanol–water partition coefficient (Wildman–Crippen LogP) is 4.12. The molecule has 1 unspecified atom stereocenters. The van der Waals surface area contributed by atoms with Gasteiger partial charge in [0.2, 0.25) is 0 Å². The van der Waals surface area contributed by atoms with E-state index >= 15 is 0 Å². The van der Waals surface area contributed by atoms with Gasteiger partial charge in [0.25, 0.3) is 5.56 Å². The van der Waals surface area contributed by atoms with Crippen LogP contribution in [0.15, 0.2) is 65.6 Å². The van der Waals surface area contributed by atoms with Crippen LogP contribution >= 0.6 is 0 Å². The van der Waals surface area contributed by atoms with Crippen LogP contribution in [-0.4, -0.2) is 45.1 Å². The second-order valence-corrected chi connectivity index (χ2v) is 9.71. The van der Waals surface area contributed by atoms with Crippen LogP contribution in [-0.2, 0) is 7.05 Å². The molecule has 4 aromatic rings. The molecule has 0 spiro atoms. The van der Waals surface area contributed by atoms with Crippen molar-refractivity contribution >= 4 is 16.7 Å². The SMILES string of the molecule is Cc1ccc(C(c2cc(C)ccn2)N2CCN(c3cc(=O)n(C)c4ccc(C#N)nc34)[C@@H](C)C2)cc1. The Hall–Kier alpha value is -4.02. The number of piperazine rings is 1. The van der Waals surface area contributed by atoms with Crippen LogP contribution in [0.5, 0.6) is 0 Å². The lowest BCUT2D eigenvalue weighted by atomic mass is 9.97. The van der Waals surface area contributed by atoms with Gasteiger partial charge in [-0.3, -0.25) is 14.7 Å². The second-order valence-electron chi connectivity index (χ2n) is 9.71. The average Bonchev–Trinajstić information content (AvgIpc) is 2.87. The lowest BCUT2D eigenvalue weighted by molar-refractivity contribution is 0.185. The zero-order valence-corrected chi connectivity index (χ0v) is 21.1. The average molecular weight is 479 g/mol. The van der Waals surface area contributed by atoms with E-state index in [1.54, 1.807) is 23.7 Å². The quantitative estimate of drug-likeness (QED) is 0.439. The summed E-state index contributed by atoms with van der Waals surface area (Å²) >= 11 is 0. The van der Waals surface area contributed by atoms with Gasteiger partial charge in [-0.05, 0) is 56.2 Å². The summed E-state index contributed by atoms with van der Waals surface area (Å²) < 4.78 is 1.59. The van der Waals surface area contributed by atoms with Gasteiger partial charge in [0.15, 0.2) is 0 Å². The summed E-state index contributed by atoms with van der Waals surface area (Å²) in [5, 5.41) is 9.42. The Balaban J connectivity index is 1.52. The standard InChI is InChI=1S/C29H30N6O/c1-19-5-7-22(8-6-19)29(24-15-20(2)11-12-31-24)34-13-14-35(21(3)18-34)26-16-27(36)33(4)25-10-9-23(17-30)32-28(25)26/h5-12,15-16,21,29H,13-14,18H2,1-4H3/t21-,29?/m0/s1. The van der Waals surface area contributed by atoms with Crippen LogP contribution in [0.1, 0.15) is 41.0 Å². The van der Waals surface area contributed by atoms with Gasteiger partial charge in [-0.15, -0.1) is 0 Å². The molecule has 0 radical (unpaired) electrons. The number of aromatic nitrogens is 3. The van der Waals surface area contributed by atoms with E-state index in [-0.39, 0.29) is 17.6 Å². The normalized spacial score (nSPS) is 17.2. The molecular formula is C29H30N6O. The molecule has 1 aromatic carbocycles. The zero-order valence-electron chi connectivity index (χ0n) is 21.1. The fourth-order valence-electron chi connectivity index (χ4n) is 5.20. The smallest absolute Gasteiger partial charge is 0.252 e. The summed E-state index contributed by atoms with van der Waals surface area (Å²) in [4.78, 5) is 26.9. The van der Waals surface area contributed by atoms with Crippen molar-refractivity contribution in [2.75, 3.05) is 24.5 Å². The largest absolute Gasteiger partial charge is 0.364 e. The van der Waals surface area contributed by atoms with Crippen molar-refractivity contribution in [3.8, 4) is 6.07 Å². The molecule has 1 fully saturated rings. The van der Waals surface area contributed by atoms with Crippen LogP contribution < -0.4 is 10.5 Å². The van der Waals surface area contributed by atoms with Crippen molar-refractivity contribution in [2.24, 2.45) is 7.05 Å². The lowest BCUT2D eigenvalue weighted by Crippen LogP contribution is -2.53.